The third-order valence-corrected chi connectivity index (χ3v) is 3.33. The van der Waals surface area contributed by atoms with Crippen LogP contribution in [0.25, 0.3) is 0 Å². The molecule has 1 heterocycles. The van der Waals surface area contributed by atoms with E-state index in [4.69, 9.17) is 4.42 Å². The molecule has 0 aliphatic carbocycles. The topological polar surface area (TPSA) is 63.0 Å². The number of hydrogen-bond donors (Lipinski definition) is 2. The minimum absolute atomic E-state index is 0.448. The van der Waals surface area contributed by atoms with E-state index in [0.29, 0.717) is 25.0 Å². The molecular weight excluding hydrogens is 308 g/mol. The molecule has 0 radical (unpaired) electrons. The maximum Gasteiger partial charge on any atom is 0.315 e. The molecule has 0 saturated heterocycles. The summed E-state index contributed by atoms with van der Waals surface area (Å²) in [7, 11) is 0. The van der Waals surface area contributed by atoms with Crippen LogP contribution in [0, 0.1) is 0 Å². The van der Waals surface area contributed by atoms with Crippen molar-refractivity contribution in [3.63, 3.8) is 0 Å². The van der Waals surface area contributed by atoms with Crippen molar-refractivity contribution in [2.75, 3.05) is 11.9 Å². The zero-order chi connectivity index (χ0) is 13.5. The molecule has 0 saturated carbocycles. The van der Waals surface area contributed by atoms with E-state index in [1.54, 1.807) is 0 Å². The lowest BCUT2D eigenvalue weighted by atomic mass is 10.2. The first kappa shape index (κ1) is 14.0. The summed E-state index contributed by atoms with van der Waals surface area (Å²) in [5.74, 6) is 0.600. The molecule has 5 nitrogen and oxygen atoms in total. The van der Waals surface area contributed by atoms with Gasteiger partial charge in [0.15, 0.2) is 0 Å². The van der Waals surface area contributed by atoms with Crippen molar-refractivity contribution in [3.8, 4) is 0 Å². The van der Waals surface area contributed by atoms with Gasteiger partial charge in [0.1, 0.15) is 0 Å². The van der Waals surface area contributed by atoms with Crippen molar-refractivity contribution >= 4 is 21.9 Å². The second kappa shape index (κ2) is 7.25. The molecule has 2 aromatic rings. The average Bonchev–Trinajstić information content (AvgIpc) is 2.86. The van der Waals surface area contributed by atoms with E-state index in [-0.39, 0.29) is 0 Å². The monoisotopic (exact) mass is 324 g/mol. The number of hydrogen-bond acceptors (Lipinski definition) is 5. The van der Waals surface area contributed by atoms with E-state index in [1.165, 1.54) is 0 Å². The maximum atomic E-state index is 5.48. The molecule has 1 aromatic carbocycles. The van der Waals surface area contributed by atoms with Crippen molar-refractivity contribution in [1.29, 1.82) is 0 Å². The summed E-state index contributed by atoms with van der Waals surface area (Å²) in [6, 6.07) is 8.47. The molecule has 0 unspecified atom stereocenters. The van der Waals surface area contributed by atoms with E-state index in [9.17, 15) is 0 Å². The summed E-state index contributed by atoms with van der Waals surface area (Å²) < 4.78 is 6.54. The minimum Gasteiger partial charge on any atom is -0.407 e. The lowest BCUT2D eigenvalue weighted by Crippen LogP contribution is -2.13. The lowest BCUT2D eigenvalue weighted by molar-refractivity contribution is 0.477. The van der Waals surface area contributed by atoms with E-state index < -0.39 is 0 Å². The number of aromatic nitrogens is 2. The van der Waals surface area contributed by atoms with Crippen LogP contribution in [0.5, 0.6) is 0 Å². The first-order valence-corrected chi connectivity index (χ1v) is 7.09. The van der Waals surface area contributed by atoms with E-state index >= 15 is 0 Å². The summed E-state index contributed by atoms with van der Waals surface area (Å²) in [5, 5.41) is 14.3. The smallest absolute Gasteiger partial charge is 0.315 e. The van der Waals surface area contributed by atoms with Crippen molar-refractivity contribution in [2.24, 2.45) is 0 Å². The van der Waals surface area contributed by atoms with Crippen molar-refractivity contribution in [2.45, 2.75) is 26.4 Å². The number of anilines is 1. The van der Waals surface area contributed by atoms with Gasteiger partial charge in [0.05, 0.1) is 6.54 Å². The molecule has 0 atom stereocenters. The summed E-state index contributed by atoms with van der Waals surface area (Å²) >= 11 is 3.50. The van der Waals surface area contributed by atoms with Crippen LogP contribution in [0.15, 0.2) is 33.2 Å². The molecular formula is C13H17BrN4O. The van der Waals surface area contributed by atoms with Crippen molar-refractivity contribution in [3.05, 3.63) is 40.2 Å². The van der Waals surface area contributed by atoms with Crippen LogP contribution in [-0.4, -0.2) is 16.7 Å². The fourth-order valence-corrected chi connectivity index (χ4v) is 2.01. The number of halogens is 1. The first-order chi connectivity index (χ1) is 9.29. The molecule has 2 N–H and O–H groups in total. The Morgan fingerprint density at radius 3 is 2.84 bits per heavy atom. The zero-order valence-corrected chi connectivity index (χ0v) is 12.4. The quantitative estimate of drug-likeness (QED) is 0.767. The van der Waals surface area contributed by atoms with Crippen LogP contribution >= 0.6 is 15.9 Å². The second-order valence-electron chi connectivity index (χ2n) is 4.12. The van der Waals surface area contributed by atoms with Gasteiger partial charge in [-0.05, 0) is 24.6 Å². The second-order valence-corrected chi connectivity index (χ2v) is 4.98. The molecule has 2 rings (SSSR count). The summed E-state index contributed by atoms with van der Waals surface area (Å²) in [4.78, 5) is 0. The molecule has 0 fully saturated rings. The normalized spacial score (nSPS) is 10.6. The minimum atomic E-state index is 0.448. The van der Waals surface area contributed by atoms with Gasteiger partial charge in [-0.25, -0.2) is 0 Å². The molecule has 6 heteroatoms. The Labute approximate surface area is 120 Å². The van der Waals surface area contributed by atoms with Crippen molar-refractivity contribution < 1.29 is 4.42 Å². The molecule has 19 heavy (non-hydrogen) atoms. The third-order valence-electron chi connectivity index (χ3n) is 2.56. The van der Waals surface area contributed by atoms with Crippen LogP contribution in [0.1, 0.15) is 24.8 Å². The van der Waals surface area contributed by atoms with Gasteiger partial charge in [-0.2, -0.15) is 0 Å². The fraction of sp³-hybridized carbons (Fsp3) is 0.385. The van der Waals surface area contributed by atoms with Crippen LogP contribution < -0.4 is 10.6 Å². The van der Waals surface area contributed by atoms with Crippen LogP contribution in [0.2, 0.25) is 0 Å². The highest BCUT2D eigenvalue weighted by Crippen LogP contribution is 2.17. The largest absolute Gasteiger partial charge is 0.407 e. The standard InChI is InChI=1S/C13H17BrN4O/c1-2-7-15-9-12-17-18-13(19-12)16-8-10-5-3-4-6-11(10)14/h3-6,15H,2,7-9H2,1H3,(H,16,18). The third kappa shape index (κ3) is 4.33. The van der Waals surface area contributed by atoms with Crippen LogP contribution in [-0.2, 0) is 13.1 Å². The molecule has 0 amide bonds. The Balaban J connectivity index is 1.85. The Morgan fingerprint density at radius 2 is 2.05 bits per heavy atom. The number of nitrogens with zero attached hydrogens (tertiary/aromatic N) is 2. The highest BCUT2D eigenvalue weighted by atomic mass is 79.9. The highest BCUT2D eigenvalue weighted by molar-refractivity contribution is 9.10. The van der Waals surface area contributed by atoms with Gasteiger partial charge in [0.25, 0.3) is 0 Å². The van der Waals surface area contributed by atoms with E-state index in [1.807, 2.05) is 24.3 Å². The van der Waals surface area contributed by atoms with Gasteiger partial charge in [0.2, 0.25) is 5.89 Å². The summed E-state index contributed by atoms with van der Waals surface area (Å²) in [6.07, 6.45) is 1.08. The van der Waals surface area contributed by atoms with Gasteiger partial charge < -0.3 is 15.1 Å². The van der Waals surface area contributed by atoms with Gasteiger partial charge in [0, 0.05) is 11.0 Å². The van der Waals surface area contributed by atoms with E-state index in [2.05, 4.69) is 43.7 Å². The molecule has 0 aliphatic heterocycles. The average molecular weight is 325 g/mol. The number of rotatable bonds is 7. The predicted molar refractivity (Wildman–Crippen MR) is 77.8 cm³/mol. The Bertz CT molecular complexity index is 515. The number of benzene rings is 1. The van der Waals surface area contributed by atoms with Gasteiger partial charge >= 0.3 is 6.01 Å². The van der Waals surface area contributed by atoms with E-state index in [0.717, 1.165) is 23.0 Å². The highest BCUT2D eigenvalue weighted by Gasteiger charge is 2.05. The van der Waals surface area contributed by atoms with Gasteiger partial charge in [-0.1, -0.05) is 46.2 Å². The molecule has 0 spiro atoms. The molecule has 0 bridgehead atoms. The Morgan fingerprint density at radius 1 is 1.21 bits per heavy atom. The predicted octanol–water partition coefficient (Wildman–Crippen LogP) is 2.94. The van der Waals surface area contributed by atoms with Gasteiger partial charge in [-0.3, -0.25) is 0 Å². The molecule has 1 aromatic heterocycles. The maximum absolute atomic E-state index is 5.48. The lowest BCUT2D eigenvalue weighted by Gasteiger charge is -2.03. The summed E-state index contributed by atoms with van der Waals surface area (Å²) in [6.45, 7) is 4.32. The fourth-order valence-electron chi connectivity index (χ4n) is 1.58. The van der Waals surface area contributed by atoms with Gasteiger partial charge in [-0.15, -0.1) is 5.10 Å². The summed E-state index contributed by atoms with van der Waals surface area (Å²) in [5.41, 5.74) is 1.14. The zero-order valence-electron chi connectivity index (χ0n) is 10.8. The molecule has 102 valence electrons. The Hall–Kier alpha value is -1.40. The molecule has 0 aliphatic rings. The SMILES string of the molecule is CCCNCc1nnc(NCc2ccccc2Br)o1. The van der Waals surface area contributed by atoms with Crippen LogP contribution in [0.4, 0.5) is 6.01 Å². The van der Waals surface area contributed by atoms with Crippen molar-refractivity contribution in [1.82, 2.24) is 15.5 Å². The van der Waals surface area contributed by atoms with Crippen LogP contribution in [0.3, 0.4) is 0 Å². The number of nitrogens with one attached hydrogen (secondary N) is 2. The Kier molecular flexibility index (Phi) is 5.35. The first-order valence-electron chi connectivity index (χ1n) is 6.30.